The summed E-state index contributed by atoms with van der Waals surface area (Å²) in [5.41, 5.74) is 21.6. The summed E-state index contributed by atoms with van der Waals surface area (Å²) in [5, 5.41) is 6.87. The van der Waals surface area contributed by atoms with Crippen molar-refractivity contribution in [1.29, 1.82) is 0 Å². The first-order valence-corrected chi connectivity index (χ1v) is 2.55. The lowest BCUT2D eigenvalue weighted by molar-refractivity contribution is 1.06. The monoisotopic (exact) mass is 140 g/mol. The predicted molar refractivity (Wildman–Crippen MR) is 39.7 cm³/mol. The van der Waals surface area contributed by atoms with Gasteiger partial charge in [0.15, 0.2) is 11.6 Å². The van der Waals surface area contributed by atoms with Crippen LogP contribution in [0.15, 0.2) is 0 Å². The minimum Gasteiger partial charge on any atom is -0.394 e. The standard InChI is InChI=1S/C4H8N6/c5-1-2(6)4(8)10-9-3(1)7/h(H4,5,8,10)(H4,6,7,9). The van der Waals surface area contributed by atoms with Gasteiger partial charge < -0.3 is 22.9 Å². The van der Waals surface area contributed by atoms with Crippen molar-refractivity contribution >= 4 is 23.0 Å². The zero-order valence-electron chi connectivity index (χ0n) is 5.20. The maximum Gasteiger partial charge on any atom is 0.171 e. The lowest BCUT2D eigenvalue weighted by atomic mass is 10.3. The Labute approximate surface area is 57.2 Å². The van der Waals surface area contributed by atoms with E-state index in [1.54, 1.807) is 0 Å². The fraction of sp³-hybridized carbons (Fsp3) is 0. The highest BCUT2D eigenvalue weighted by atomic mass is 15.2. The Morgan fingerprint density at radius 3 is 1.30 bits per heavy atom. The zero-order chi connectivity index (χ0) is 7.72. The van der Waals surface area contributed by atoms with E-state index in [1.165, 1.54) is 0 Å². The van der Waals surface area contributed by atoms with Crippen LogP contribution in [-0.2, 0) is 0 Å². The van der Waals surface area contributed by atoms with E-state index in [0.717, 1.165) is 0 Å². The molecule has 1 aromatic heterocycles. The molecular weight excluding hydrogens is 132 g/mol. The molecule has 54 valence electrons. The zero-order valence-corrected chi connectivity index (χ0v) is 5.20. The van der Waals surface area contributed by atoms with Crippen molar-refractivity contribution in [3.8, 4) is 0 Å². The van der Waals surface area contributed by atoms with Crippen molar-refractivity contribution in [2.24, 2.45) is 0 Å². The van der Waals surface area contributed by atoms with Crippen LogP contribution in [-0.4, -0.2) is 10.2 Å². The molecule has 6 nitrogen and oxygen atoms in total. The number of nitrogen functional groups attached to an aromatic ring is 4. The molecule has 0 amide bonds. The third-order valence-corrected chi connectivity index (χ3v) is 1.11. The molecule has 1 rings (SSSR count). The van der Waals surface area contributed by atoms with Gasteiger partial charge in [0.1, 0.15) is 11.4 Å². The molecule has 6 heteroatoms. The number of aromatic nitrogens is 2. The van der Waals surface area contributed by atoms with Gasteiger partial charge in [0, 0.05) is 0 Å². The first-order chi connectivity index (χ1) is 4.63. The second-order valence-corrected chi connectivity index (χ2v) is 1.80. The molecule has 0 aromatic carbocycles. The van der Waals surface area contributed by atoms with Gasteiger partial charge in [-0.1, -0.05) is 0 Å². The van der Waals surface area contributed by atoms with E-state index in [2.05, 4.69) is 10.2 Å². The van der Waals surface area contributed by atoms with Crippen LogP contribution in [0.2, 0.25) is 0 Å². The normalized spacial score (nSPS) is 9.60. The molecule has 0 radical (unpaired) electrons. The minimum atomic E-state index is 0.103. The summed E-state index contributed by atoms with van der Waals surface area (Å²) in [6, 6.07) is 0. The number of nitrogens with zero attached hydrogens (tertiary/aromatic N) is 2. The van der Waals surface area contributed by atoms with Gasteiger partial charge in [-0.3, -0.25) is 0 Å². The van der Waals surface area contributed by atoms with Crippen molar-refractivity contribution in [2.75, 3.05) is 22.9 Å². The van der Waals surface area contributed by atoms with E-state index in [0.29, 0.717) is 0 Å². The predicted octanol–water partition coefficient (Wildman–Crippen LogP) is -1.19. The van der Waals surface area contributed by atoms with Crippen molar-refractivity contribution in [2.45, 2.75) is 0 Å². The van der Waals surface area contributed by atoms with Gasteiger partial charge in [-0.25, -0.2) is 0 Å². The number of nitrogens with two attached hydrogens (primary N) is 4. The maximum atomic E-state index is 5.35. The quantitative estimate of drug-likeness (QED) is 0.358. The Balaban J connectivity index is 3.34. The van der Waals surface area contributed by atoms with Crippen LogP contribution in [0.3, 0.4) is 0 Å². The van der Waals surface area contributed by atoms with Gasteiger partial charge in [0.2, 0.25) is 0 Å². The highest BCUT2D eigenvalue weighted by Crippen LogP contribution is 2.22. The fourth-order valence-corrected chi connectivity index (χ4v) is 0.491. The van der Waals surface area contributed by atoms with Crippen LogP contribution in [0.4, 0.5) is 23.0 Å². The molecule has 0 saturated carbocycles. The van der Waals surface area contributed by atoms with E-state index in [4.69, 9.17) is 22.9 Å². The molecule has 10 heavy (non-hydrogen) atoms. The van der Waals surface area contributed by atoms with E-state index < -0.39 is 0 Å². The second kappa shape index (κ2) is 1.90. The van der Waals surface area contributed by atoms with Crippen LogP contribution in [0, 0.1) is 0 Å². The van der Waals surface area contributed by atoms with Gasteiger partial charge >= 0.3 is 0 Å². The third-order valence-electron chi connectivity index (χ3n) is 1.11. The molecule has 0 unspecified atom stereocenters. The van der Waals surface area contributed by atoms with E-state index in [1.807, 2.05) is 0 Å². The Hall–Kier alpha value is -1.72. The summed E-state index contributed by atoms with van der Waals surface area (Å²) in [6.07, 6.45) is 0. The molecule has 1 heterocycles. The second-order valence-electron chi connectivity index (χ2n) is 1.80. The molecule has 8 N–H and O–H groups in total. The number of hydrogen-bond donors (Lipinski definition) is 4. The molecule has 0 aliphatic heterocycles. The highest BCUT2D eigenvalue weighted by molar-refractivity contribution is 5.80. The van der Waals surface area contributed by atoms with Gasteiger partial charge in [-0.15, -0.1) is 10.2 Å². The summed E-state index contributed by atoms with van der Waals surface area (Å²) in [5.74, 6) is 0.207. The van der Waals surface area contributed by atoms with Gasteiger partial charge in [0.25, 0.3) is 0 Å². The SMILES string of the molecule is Nc1nnc(N)c(N)c1N. The summed E-state index contributed by atoms with van der Waals surface area (Å²) in [6.45, 7) is 0. The Bertz CT molecular complexity index is 229. The molecule has 0 aliphatic rings. The molecule has 0 fully saturated rings. The number of hydrogen-bond acceptors (Lipinski definition) is 6. The van der Waals surface area contributed by atoms with Crippen molar-refractivity contribution < 1.29 is 0 Å². The summed E-state index contributed by atoms with van der Waals surface area (Å²) in [7, 11) is 0. The van der Waals surface area contributed by atoms with Gasteiger partial charge in [-0.2, -0.15) is 0 Å². The largest absolute Gasteiger partial charge is 0.394 e. The average molecular weight is 140 g/mol. The fourth-order valence-electron chi connectivity index (χ4n) is 0.491. The molecular formula is C4H8N6. The highest BCUT2D eigenvalue weighted by Gasteiger charge is 2.04. The van der Waals surface area contributed by atoms with E-state index >= 15 is 0 Å². The first kappa shape index (κ1) is 6.40. The molecule has 0 atom stereocenters. The number of rotatable bonds is 0. The molecule has 0 bridgehead atoms. The lowest BCUT2D eigenvalue weighted by Gasteiger charge is -2.02. The molecule has 0 saturated heterocycles. The van der Waals surface area contributed by atoms with Crippen molar-refractivity contribution in [3.63, 3.8) is 0 Å². The minimum absolute atomic E-state index is 0.103. The maximum absolute atomic E-state index is 5.35. The first-order valence-electron chi connectivity index (χ1n) is 2.55. The summed E-state index contributed by atoms with van der Waals surface area (Å²) >= 11 is 0. The molecule has 1 aromatic rings. The van der Waals surface area contributed by atoms with Gasteiger partial charge in [-0.05, 0) is 0 Å². The number of anilines is 4. The van der Waals surface area contributed by atoms with E-state index in [9.17, 15) is 0 Å². The van der Waals surface area contributed by atoms with Crippen molar-refractivity contribution in [3.05, 3.63) is 0 Å². The van der Waals surface area contributed by atoms with Crippen LogP contribution >= 0.6 is 0 Å². The summed E-state index contributed by atoms with van der Waals surface area (Å²) < 4.78 is 0. The molecule has 0 spiro atoms. The lowest BCUT2D eigenvalue weighted by Crippen LogP contribution is -2.07. The average Bonchev–Trinajstić information content (AvgIpc) is 1.93. The van der Waals surface area contributed by atoms with Crippen molar-refractivity contribution in [1.82, 2.24) is 10.2 Å². The van der Waals surface area contributed by atoms with Crippen LogP contribution in [0.25, 0.3) is 0 Å². The topological polar surface area (TPSA) is 130 Å². The van der Waals surface area contributed by atoms with Crippen LogP contribution < -0.4 is 22.9 Å². The Morgan fingerprint density at radius 2 is 1.00 bits per heavy atom. The summed E-state index contributed by atoms with van der Waals surface area (Å²) in [4.78, 5) is 0. The Kier molecular flexibility index (Phi) is 1.22. The smallest absolute Gasteiger partial charge is 0.171 e. The third kappa shape index (κ3) is 0.750. The van der Waals surface area contributed by atoms with E-state index in [-0.39, 0.29) is 23.0 Å². The van der Waals surface area contributed by atoms with Crippen LogP contribution in [0.1, 0.15) is 0 Å². The van der Waals surface area contributed by atoms with Crippen LogP contribution in [0.5, 0.6) is 0 Å². The van der Waals surface area contributed by atoms with Gasteiger partial charge in [0.05, 0.1) is 0 Å². The Morgan fingerprint density at radius 1 is 0.700 bits per heavy atom. The molecule has 0 aliphatic carbocycles.